The summed E-state index contributed by atoms with van der Waals surface area (Å²) in [5, 5.41) is 12.8. The van der Waals surface area contributed by atoms with Crippen molar-refractivity contribution in [2.24, 2.45) is 9.98 Å². The van der Waals surface area contributed by atoms with Crippen LogP contribution in [0, 0.1) is 0 Å². The number of nitrogens with zero attached hydrogens (tertiary/aromatic N) is 2. The number of ether oxygens (including phenoxy) is 1. The van der Waals surface area contributed by atoms with E-state index in [0.717, 1.165) is 47.9 Å². The van der Waals surface area contributed by atoms with E-state index in [9.17, 15) is 5.11 Å². The Hall–Kier alpha value is -1.42. The molecule has 4 heteroatoms. The summed E-state index contributed by atoms with van der Waals surface area (Å²) in [7, 11) is 0. The summed E-state index contributed by atoms with van der Waals surface area (Å²) in [4.78, 5) is 10.1. The van der Waals surface area contributed by atoms with Crippen LogP contribution < -0.4 is 10.7 Å². The van der Waals surface area contributed by atoms with Crippen LogP contribution >= 0.6 is 0 Å². The van der Waals surface area contributed by atoms with Gasteiger partial charge in [0.1, 0.15) is 5.75 Å². The molecule has 1 aromatic carbocycles. The second-order valence-electron chi connectivity index (χ2n) is 7.34. The SMILES string of the molecule is CC(C)c1c(O)c2c(c3c1=NC1(CCOCC1)N=3)C(C)C2C. The summed E-state index contributed by atoms with van der Waals surface area (Å²) < 4.78 is 5.49. The first-order valence-electron chi connectivity index (χ1n) is 8.41. The van der Waals surface area contributed by atoms with E-state index < -0.39 is 0 Å². The monoisotopic (exact) mass is 300 g/mol. The highest BCUT2D eigenvalue weighted by molar-refractivity contribution is 5.56. The number of hydrogen-bond acceptors (Lipinski definition) is 4. The van der Waals surface area contributed by atoms with Gasteiger partial charge in [0.2, 0.25) is 0 Å². The van der Waals surface area contributed by atoms with E-state index >= 15 is 0 Å². The molecule has 3 aliphatic rings. The van der Waals surface area contributed by atoms with Gasteiger partial charge in [-0.25, -0.2) is 0 Å². The lowest BCUT2D eigenvalue weighted by Crippen LogP contribution is -2.39. The maximum atomic E-state index is 10.8. The van der Waals surface area contributed by atoms with Gasteiger partial charge in [-0.3, -0.25) is 9.98 Å². The van der Waals surface area contributed by atoms with Gasteiger partial charge in [-0.2, -0.15) is 0 Å². The van der Waals surface area contributed by atoms with Crippen molar-refractivity contribution in [3.8, 4) is 5.75 Å². The van der Waals surface area contributed by atoms with Crippen LogP contribution in [0.15, 0.2) is 9.98 Å². The molecule has 4 rings (SSSR count). The zero-order valence-corrected chi connectivity index (χ0v) is 13.8. The minimum atomic E-state index is -0.343. The van der Waals surface area contributed by atoms with Gasteiger partial charge >= 0.3 is 0 Å². The Kier molecular flexibility index (Phi) is 2.93. The van der Waals surface area contributed by atoms with Crippen LogP contribution in [0.3, 0.4) is 0 Å². The summed E-state index contributed by atoms with van der Waals surface area (Å²) >= 11 is 0. The first-order chi connectivity index (χ1) is 10.5. The molecule has 1 saturated heterocycles. The summed E-state index contributed by atoms with van der Waals surface area (Å²) in [6, 6.07) is 0. The second-order valence-corrected chi connectivity index (χ2v) is 7.34. The van der Waals surface area contributed by atoms with Gasteiger partial charge in [0.05, 0.1) is 23.9 Å². The average Bonchev–Trinajstić information content (AvgIpc) is 2.82. The third-order valence-corrected chi connectivity index (χ3v) is 5.71. The fraction of sp³-hybridized carbons (Fsp3) is 0.667. The van der Waals surface area contributed by atoms with Gasteiger partial charge in [-0.05, 0) is 23.3 Å². The first-order valence-corrected chi connectivity index (χ1v) is 8.41. The molecule has 2 heterocycles. The lowest BCUT2D eigenvalue weighted by molar-refractivity contribution is 0.0565. The Morgan fingerprint density at radius 1 is 1.05 bits per heavy atom. The molecule has 118 valence electrons. The lowest BCUT2D eigenvalue weighted by atomic mass is 9.68. The molecule has 0 saturated carbocycles. The predicted octanol–water partition coefficient (Wildman–Crippen LogP) is 2.50. The maximum absolute atomic E-state index is 10.8. The third-order valence-electron chi connectivity index (χ3n) is 5.71. The number of fused-ring (bicyclic) bond motifs is 3. The highest BCUT2D eigenvalue weighted by atomic mass is 16.5. The highest BCUT2D eigenvalue weighted by Gasteiger charge is 2.42. The van der Waals surface area contributed by atoms with E-state index in [1.165, 1.54) is 5.56 Å². The Balaban J connectivity index is 2.04. The van der Waals surface area contributed by atoms with Gasteiger partial charge in [-0.15, -0.1) is 0 Å². The molecule has 2 aliphatic heterocycles. The molecule has 1 fully saturated rings. The predicted molar refractivity (Wildman–Crippen MR) is 84.1 cm³/mol. The van der Waals surface area contributed by atoms with Crippen molar-refractivity contribution in [3.05, 3.63) is 27.4 Å². The molecular weight excluding hydrogens is 276 g/mol. The van der Waals surface area contributed by atoms with Crippen LogP contribution in [0.25, 0.3) is 0 Å². The summed E-state index contributed by atoms with van der Waals surface area (Å²) in [5.74, 6) is 1.57. The minimum absolute atomic E-state index is 0.246. The molecule has 2 unspecified atom stereocenters. The highest BCUT2D eigenvalue weighted by Crippen LogP contribution is 2.50. The molecule has 1 aliphatic carbocycles. The van der Waals surface area contributed by atoms with E-state index in [1.54, 1.807) is 0 Å². The summed E-state index contributed by atoms with van der Waals surface area (Å²) in [6.45, 7) is 10.1. The third kappa shape index (κ3) is 1.67. The van der Waals surface area contributed by atoms with Crippen molar-refractivity contribution >= 4 is 0 Å². The van der Waals surface area contributed by atoms with Gasteiger partial charge < -0.3 is 9.84 Å². The van der Waals surface area contributed by atoms with E-state index in [1.807, 2.05) is 0 Å². The minimum Gasteiger partial charge on any atom is -0.507 e. The Labute approximate surface area is 130 Å². The summed E-state index contributed by atoms with van der Waals surface area (Å²) in [6.07, 6.45) is 1.69. The number of hydrogen-bond donors (Lipinski definition) is 1. The van der Waals surface area contributed by atoms with Crippen molar-refractivity contribution in [2.75, 3.05) is 13.2 Å². The Bertz CT molecular complexity index is 761. The van der Waals surface area contributed by atoms with Crippen molar-refractivity contribution < 1.29 is 9.84 Å². The molecule has 0 amide bonds. The van der Waals surface area contributed by atoms with E-state index in [4.69, 9.17) is 14.7 Å². The lowest BCUT2D eigenvalue weighted by Gasteiger charge is -2.36. The van der Waals surface area contributed by atoms with Crippen LogP contribution in [-0.2, 0) is 4.74 Å². The standard InChI is InChI=1S/C18H24N2O2/c1-9(2)12-15-16(13-10(3)11(4)14(13)17(12)21)20-18(19-15)5-7-22-8-6-18/h9-11,21H,5-8H2,1-4H3. The van der Waals surface area contributed by atoms with Gasteiger partial charge in [0, 0.05) is 24.0 Å². The molecule has 1 spiro atoms. The largest absolute Gasteiger partial charge is 0.507 e. The molecule has 1 aromatic rings. The zero-order valence-electron chi connectivity index (χ0n) is 13.8. The van der Waals surface area contributed by atoms with Crippen molar-refractivity contribution in [1.29, 1.82) is 0 Å². The van der Waals surface area contributed by atoms with Crippen LogP contribution in [-0.4, -0.2) is 24.0 Å². The number of benzene rings is 1. The zero-order chi connectivity index (χ0) is 15.6. The van der Waals surface area contributed by atoms with Crippen molar-refractivity contribution in [3.63, 3.8) is 0 Å². The van der Waals surface area contributed by atoms with Crippen LogP contribution in [0.4, 0.5) is 0 Å². The quantitative estimate of drug-likeness (QED) is 0.866. The molecule has 0 aromatic heterocycles. The Morgan fingerprint density at radius 3 is 2.27 bits per heavy atom. The first kappa shape index (κ1) is 14.2. The van der Waals surface area contributed by atoms with Gasteiger partial charge in [-0.1, -0.05) is 27.7 Å². The molecular formula is C18H24N2O2. The molecule has 22 heavy (non-hydrogen) atoms. The molecule has 0 radical (unpaired) electrons. The van der Waals surface area contributed by atoms with Gasteiger partial charge in [0.15, 0.2) is 5.66 Å². The van der Waals surface area contributed by atoms with E-state index in [2.05, 4.69) is 27.7 Å². The molecule has 2 atom stereocenters. The van der Waals surface area contributed by atoms with Crippen molar-refractivity contribution in [1.82, 2.24) is 0 Å². The van der Waals surface area contributed by atoms with Gasteiger partial charge in [0.25, 0.3) is 0 Å². The smallest absolute Gasteiger partial charge is 0.156 e. The van der Waals surface area contributed by atoms with Crippen molar-refractivity contribution in [2.45, 2.75) is 64.0 Å². The number of phenolic OH excluding ortho intramolecular Hbond substituents is 1. The number of phenols is 1. The number of rotatable bonds is 1. The normalized spacial score (nSPS) is 27.9. The molecule has 4 nitrogen and oxygen atoms in total. The van der Waals surface area contributed by atoms with E-state index in [-0.39, 0.29) is 11.6 Å². The maximum Gasteiger partial charge on any atom is 0.156 e. The van der Waals surface area contributed by atoms with Crippen LogP contribution in [0.5, 0.6) is 5.75 Å². The molecule has 0 bridgehead atoms. The fourth-order valence-corrected chi connectivity index (χ4v) is 4.23. The fourth-order valence-electron chi connectivity index (χ4n) is 4.23. The summed E-state index contributed by atoms with van der Waals surface area (Å²) in [5.41, 5.74) is 2.98. The number of aromatic hydroxyl groups is 1. The van der Waals surface area contributed by atoms with Crippen LogP contribution in [0.2, 0.25) is 0 Å². The topological polar surface area (TPSA) is 54.2 Å². The van der Waals surface area contributed by atoms with Crippen LogP contribution in [0.1, 0.15) is 75.0 Å². The van der Waals surface area contributed by atoms with E-state index in [0.29, 0.717) is 17.6 Å². The average molecular weight is 300 g/mol. The second kappa shape index (κ2) is 4.54. The Morgan fingerprint density at radius 2 is 1.64 bits per heavy atom. The molecule has 1 N–H and O–H groups in total.